The molecule has 1 aromatic carbocycles. The summed E-state index contributed by atoms with van der Waals surface area (Å²) in [7, 11) is 0. The van der Waals surface area contributed by atoms with Crippen LogP contribution in [0.1, 0.15) is 58.6 Å². The molecule has 1 amide bonds. The van der Waals surface area contributed by atoms with Crippen molar-refractivity contribution in [2.75, 3.05) is 25.0 Å². The third-order valence-corrected chi connectivity index (χ3v) is 6.43. The summed E-state index contributed by atoms with van der Waals surface area (Å²) in [6, 6.07) is 7.69. The standard InChI is InChI=1S/C22H28N2O2S/c1-4-24(5-2)14-19(25)23-22-20(17-8-6-7-9-18(17)27-22)21(26)16-12-10-15(3)11-13-16/h10-13H,4-9,14H2,1-3H3,(H,23,25). The lowest BCUT2D eigenvalue weighted by molar-refractivity contribution is -0.117. The summed E-state index contributed by atoms with van der Waals surface area (Å²) in [4.78, 5) is 29.2. The molecule has 1 aliphatic carbocycles. The fourth-order valence-electron chi connectivity index (χ4n) is 3.56. The predicted molar refractivity (Wildman–Crippen MR) is 112 cm³/mol. The van der Waals surface area contributed by atoms with E-state index in [-0.39, 0.29) is 11.7 Å². The molecule has 3 rings (SSSR count). The number of ketones is 1. The number of rotatable bonds is 7. The summed E-state index contributed by atoms with van der Waals surface area (Å²) in [5, 5.41) is 3.77. The highest BCUT2D eigenvalue weighted by Crippen LogP contribution is 2.39. The number of benzene rings is 1. The van der Waals surface area contributed by atoms with E-state index in [1.165, 1.54) is 4.88 Å². The molecule has 0 unspecified atom stereocenters. The Morgan fingerprint density at radius 1 is 1.07 bits per heavy atom. The number of fused-ring (bicyclic) bond motifs is 1. The molecule has 0 spiro atoms. The molecule has 0 fully saturated rings. The van der Waals surface area contributed by atoms with Crippen LogP contribution in [0.3, 0.4) is 0 Å². The minimum Gasteiger partial charge on any atom is -0.316 e. The normalized spacial score (nSPS) is 13.5. The molecule has 1 N–H and O–H groups in total. The second kappa shape index (κ2) is 8.81. The molecule has 5 heteroatoms. The molecule has 2 aromatic rings. The summed E-state index contributed by atoms with van der Waals surface area (Å²) in [5.74, 6) is -0.0252. The molecule has 1 aliphatic rings. The average molecular weight is 385 g/mol. The first kappa shape index (κ1) is 19.8. The highest BCUT2D eigenvalue weighted by Gasteiger charge is 2.27. The van der Waals surface area contributed by atoms with Gasteiger partial charge in [0, 0.05) is 10.4 Å². The highest BCUT2D eigenvalue weighted by molar-refractivity contribution is 7.17. The van der Waals surface area contributed by atoms with Crippen molar-refractivity contribution >= 4 is 28.0 Å². The van der Waals surface area contributed by atoms with Crippen molar-refractivity contribution in [2.24, 2.45) is 0 Å². The second-order valence-electron chi connectivity index (χ2n) is 7.12. The lowest BCUT2D eigenvalue weighted by atomic mass is 9.91. The smallest absolute Gasteiger partial charge is 0.239 e. The predicted octanol–water partition coefficient (Wildman–Crippen LogP) is 4.45. The van der Waals surface area contributed by atoms with Gasteiger partial charge >= 0.3 is 0 Å². The lowest BCUT2D eigenvalue weighted by Gasteiger charge is -2.17. The van der Waals surface area contributed by atoms with Crippen molar-refractivity contribution in [1.29, 1.82) is 0 Å². The third kappa shape index (κ3) is 4.47. The number of thiophene rings is 1. The first-order valence-corrected chi connectivity index (χ1v) is 10.6. The van der Waals surface area contributed by atoms with Crippen molar-refractivity contribution < 1.29 is 9.59 Å². The molecule has 0 bridgehead atoms. The lowest BCUT2D eigenvalue weighted by Crippen LogP contribution is -2.33. The number of likely N-dealkylation sites (N-methyl/N-ethyl adjacent to an activating group) is 1. The highest BCUT2D eigenvalue weighted by atomic mass is 32.1. The molecule has 4 nitrogen and oxygen atoms in total. The van der Waals surface area contributed by atoms with Crippen molar-refractivity contribution in [3.63, 3.8) is 0 Å². The van der Waals surface area contributed by atoms with Gasteiger partial charge < -0.3 is 5.32 Å². The Morgan fingerprint density at radius 3 is 2.41 bits per heavy atom. The van der Waals surface area contributed by atoms with Crippen LogP contribution < -0.4 is 5.32 Å². The van der Waals surface area contributed by atoms with Gasteiger partial charge in [0.25, 0.3) is 0 Å². The molecule has 0 radical (unpaired) electrons. The molecular weight excluding hydrogens is 356 g/mol. The molecular formula is C22H28N2O2S. The zero-order valence-electron chi connectivity index (χ0n) is 16.4. The summed E-state index contributed by atoms with van der Waals surface area (Å²) in [6.45, 7) is 8.13. The first-order chi connectivity index (χ1) is 13.0. The maximum atomic E-state index is 13.3. The zero-order valence-corrected chi connectivity index (χ0v) is 17.2. The van der Waals surface area contributed by atoms with Crippen molar-refractivity contribution in [3.05, 3.63) is 51.4 Å². The Morgan fingerprint density at radius 2 is 1.74 bits per heavy atom. The quantitative estimate of drug-likeness (QED) is 0.718. The van der Waals surface area contributed by atoms with E-state index in [2.05, 4.69) is 10.2 Å². The van der Waals surface area contributed by atoms with Crippen LogP contribution in [0.2, 0.25) is 0 Å². The van der Waals surface area contributed by atoms with Crippen LogP contribution in [-0.2, 0) is 17.6 Å². The van der Waals surface area contributed by atoms with Crippen molar-refractivity contribution in [2.45, 2.75) is 46.5 Å². The Balaban J connectivity index is 1.92. The zero-order chi connectivity index (χ0) is 19.4. The van der Waals surface area contributed by atoms with Gasteiger partial charge in [0.05, 0.1) is 12.1 Å². The number of aryl methyl sites for hydroxylation is 2. The summed E-state index contributed by atoms with van der Waals surface area (Å²) in [5.41, 5.74) is 3.68. The number of hydrogen-bond acceptors (Lipinski definition) is 4. The van der Waals surface area contributed by atoms with E-state index < -0.39 is 0 Å². The fraction of sp³-hybridized carbons (Fsp3) is 0.455. The fourth-order valence-corrected chi connectivity index (χ4v) is 4.86. The van der Waals surface area contributed by atoms with Gasteiger partial charge in [0.2, 0.25) is 5.91 Å². The van der Waals surface area contributed by atoms with Crippen molar-refractivity contribution in [3.8, 4) is 0 Å². The molecule has 1 heterocycles. The minimum absolute atomic E-state index is 0.0209. The molecule has 27 heavy (non-hydrogen) atoms. The van der Waals surface area contributed by atoms with Crippen LogP contribution in [0.4, 0.5) is 5.00 Å². The van der Waals surface area contributed by atoms with Gasteiger partial charge in [0.15, 0.2) is 5.78 Å². The van der Waals surface area contributed by atoms with E-state index in [4.69, 9.17) is 0 Å². The number of carbonyl (C=O) groups is 2. The Hall–Kier alpha value is -1.98. The Kier molecular flexibility index (Phi) is 6.45. The van der Waals surface area contributed by atoms with Gasteiger partial charge in [-0.1, -0.05) is 43.7 Å². The van der Waals surface area contributed by atoms with Crippen molar-refractivity contribution in [1.82, 2.24) is 4.90 Å². The van der Waals surface area contributed by atoms with E-state index in [0.29, 0.717) is 17.7 Å². The molecule has 144 valence electrons. The number of nitrogens with zero attached hydrogens (tertiary/aromatic N) is 1. The summed E-state index contributed by atoms with van der Waals surface area (Å²) in [6.07, 6.45) is 4.17. The van der Waals surface area contributed by atoms with Crippen LogP contribution in [0.5, 0.6) is 0 Å². The number of amides is 1. The van der Waals surface area contributed by atoms with Gasteiger partial charge in [-0.15, -0.1) is 11.3 Å². The molecule has 0 saturated carbocycles. The van der Waals surface area contributed by atoms with Crippen LogP contribution in [0.25, 0.3) is 0 Å². The van der Waals surface area contributed by atoms with Crippen LogP contribution in [-0.4, -0.2) is 36.2 Å². The van der Waals surface area contributed by atoms with Crippen LogP contribution >= 0.6 is 11.3 Å². The first-order valence-electron chi connectivity index (χ1n) is 9.81. The van der Waals surface area contributed by atoms with Crippen LogP contribution in [0, 0.1) is 6.92 Å². The number of nitrogens with one attached hydrogen (secondary N) is 1. The van der Waals surface area contributed by atoms with E-state index in [1.807, 2.05) is 45.0 Å². The van der Waals surface area contributed by atoms with E-state index in [9.17, 15) is 9.59 Å². The SMILES string of the molecule is CCN(CC)CC(=O)Nc1sc2c(c1C(=O)c1ccc(C)cc1)CCCC2. The number of carbonyl (C=O) groups excluding carboxylic acids is 2. The molecule has 1 aromatic heterocycles. The van der Waals surface area contributed by atoms with Gasteiger partial charge in [-0.3, -0.25) is 14.5 Å². The third-order valence-electron chi connectivity index (χ3n) is 5.23. The topological polar surface area (TPSA) is 49.4 Å². The molecule has 0 atom stereocenters. The summed E-state index contributed by atoms with van der Waals surface area (Å²) >= 11 is 1.59. The van der Waals surface area contributed by atoms with E-state index in [1.54, 1.807) is 11.3 Å². The molecule has 0 aliphatic heterocycles. The van der Waals surface area contributed by atoms with E-state index in [0.717, 1.165) is 54.9 Å². The largest absolute Gasteiger partial charge is 0.316 e. The number of hydrogen-bond donors (Lipinski definition) is 1. The van der Waals surface area contributed by atoms with Gasteiger partial charge in [0.1, 0.15) is 5.00 Å². The van der Waals surface area contributed by atoms with Gasteiger partial charge in [-0.25, -0.2) is 0 Å². The second-order valence-corrected chi connectivity index (χ2v) is 8.22. The maximum Gasteiger partial charge on any atom is 0.239 e. The van der Waals surface area contributed by atoms with Gasteiger partial charge in [-0.2, -0.15) is 0 Å². The monoisotopic (exact) mass is 384 g/mol. The molecule has 0 saturated heterocycles. The Labute approximate surface area is 165 Å². The number of anilines is 1. The average Bonchev–Trinajstić information content (AvgIpc) is 3.03. The van der Waals surface area contributed by atoms with E-state index >= 15 is 0 Å². The minimum atomic E-state index is -0.0461. The van der Waals surface area contributed by atoms with Crippen LogP contribution in [0.15, 0.2) is 24.3 Å². The summed E-state index contributed by atoms with van der Waals surface area (Å²) < 4.78 is 0. The van der Waals surface area contributed by atoms with Gasteiger partial charge in [-0.05, 0) is 51.3 Å². The maximum absolute atomic E-state index is 13.3. The Bertz CT molecular complexity index is 820.